The van der Waals surface area contributed by atoms with Crippen LogP contribution < -0.4 is 0 Å². The van der Waals surface area contributed by atoms with Gasteiger partial charge in [-0.25, -0.2) is 4.39 Å². The van der Waals surface area contributed by atoms with Gasteiger partial charge in [0.2, 0.25) is 0 Å². The molecular formula is C16H20ClFO2. The highest BCUT2D eigenvalue weighted by atomic mass is 35.5. The molecule has 0 bridgehead atoms. The highest BCUT2D eigenvalue weighted by Gasteiger charge is 2.41. The number of rotatable bonds is 2. The van der Waals surface area contributed by atoms with E-state index in [1.165, 1.54) is 18.9 Å². The molecule has 2 aliphatic rings. The third-order valence-electron chi connectivity index (χ3n) is 4.78. The van der Waals surface area contributed by atoms with E-state index < -0.39 is 11.9 Å². The van der Waals surface area contributed by atoms with Crippen LogP contribution in [0.2, 0.25) is 5.02 Å². The maximum absolute atomic E-state index is 13.2. The normalized spacial score (nSPS) is 26.9. The van der Waals surface area contributed by atoms with Gasteiger partial charge in [-0.2, -0.15) is 0 Å². The van der Waals surface area contributed by atoms with E-state index in [-0.39, 0.29) is 16.5 Å². The van der Waals surface area contributed by atoms with E-state index in [4.69, 9.17) is 16.3 Å². The van der Waals surface area contributed by atoms with E-state index in [0.717, 1.165) is 25.7 Å². The lowest BCUT2D eigenvalue weighted by Crippen LogP contribution is -2.39. The molecule has 1 heterocycles. The number of halogens is 2. The first kappa shape index (κ1) is 14.3. The minimum atomic E-state index is -0.588. The molecule has 20 heavy (non-hydrogen) atoms. The molecule has 1 N–H and O–H groups in total. The van der Waals surface area contributed by atoms with E-state index in [1.807, 2.05) is 0 Å². The predicted molar refractivity (Wildman–Crippen MR) is 76.2 cm³/mol. The van der Waals surface area contributed by atoms with Gasteiger partial charge in [-0.15, -0.1) is 0 Å². The average molecular weight is 299 g/mol. The fourth-order valence-corrected chi connectivity index (χ4v) is 3.86. The van der Waals surface area contributed by atoms with E-state index in [9.17, 15) is 9.50 Å². The summed E-state index contributed by atoms with van der Waals surface area (Å²) in [5, 5.41) is 10.6. The lowest BCUT2D eigenvalue weighted by Gasteiger charge is -2.40. The van der Waals surface area contributed by atoms with Gasteiger partial charge in [0.05, 0.1) is 16.7 Å². The molecule has 2 fully saturated rings. The maximum Gasteiger partial charge on any atom is 0.141 e. The molecule has 2 nitrogen and oxygen atoms in total. The number of hydrogen-bond donors (Lipinski definition) is 1. The molecule has 4 heteroatoms. The van der Waals surface area contributed by atoms with Crippen molar-refractivity contribution in [3.8, 4) is 0 Å². The van der Waals surface area contributed by atoms with E-state index >= 15 is 0 Å². The molecule has 1 aliphatic carbocycles. The van der Waals surface area contributed by atoms with E-state index in [2.05, 4.69) is 0 Å². The number of hydrogen-bond acceptors (Lipinski definition) is 2. The first-order valence-electron chi connectivity index (χ1n) is 7.37. The van der Waals surface area contributed by atoms with Crippen LogP contribution in [-0.4, -0.2) is 17.3 Å². The van der Waals surface area contributed by atoms with Gasteiger partial charge in [-0.05, 0) is 49.3 Å². The fourth-order valence-electron chi connectivity index (χ4n) is 3.67. The smallest absolute Gasteiger partial charge is 0.141 e. The summed E-state index contributed by atoms with van der Waals surface area (Å²) in [6.45, 7) is 0.705. The Hall–Kier alpha value is -0.640. The zero-order chi connectivity index (χ0) is 14.2. The van der Waals surface area contributed by atoms with E-state index in [0.29, 0.717) is 12.2 Å². The van der Waals surface area contributed by atoms with Crippen LogP contribution in [0.5, 0.6) is 0 Å². The van der Waals surface area contributed by atoms with Crippen molar-refractivity contribution < 1.29 is 14.2 Å². The van der Waals surface area contributed by atoms with Crippen LogP contribution in [0.4, 0.5) is 4.39 Å². The quantitative estimate of drug-likeness (QED) is 0.884. The molecule has 1 aromatic rings. The molecule has 0 amide bonds. The van der Waals surface area contributed by atoms with Gasteiger partial charge in [0.1, 0.15) is 5.82 Å². The van der Waals surface area contributed by atoms with Crippen LogP contribution in [0.3, 0.4) is 0 Å². The molecule has 3 rings (SSSR count). The molecule has 0 radical (unpaired) electrons. The molecule has 1 aliphatic heterocycles. The lowest BCUT2D eigenvalue weighted by atomic mass is 9.80. The Balaban J connectivity index is 1.75. The fraction of sp³-hybridized carbons (Fsp3) is 0.625. The summed E-state index contributed by atoms with van der Waals surface area (Å²) in [4.78, 5) is 0. The third kappa shape index (κ3) is 2.72. The second-order valence-electron chi connectivity index (χ2n) is 6.11. The van der Waals surface area contributed by atoms with Crippen LogP contribution in [0, 0.1) is 11.7 Å². The molecule has 0 aromatic heterocycles. The number of aliphatic hydroxyl groups excluding tert-OH is 1. The first-order valence-corrected chi connectivity index (χ1v) is 7.74. The summed E-state index contributed by atoms with van der Waals surface area (Å²) in [6, 6.07) is 4.49. The molecule has 1 aromatic carbocycles. The average Bonchev–Trinajstić information content (AvgIpc) is 2.89. The van der Waals surface area contributed by atoms with Crippen molar-refractivity contribution in [2.45, 2.75) is 50.2 Å². The highest BCUT2D eigenvalue weighted by molar-refractivity contribution is 6.30. The molecule has 1 saturated carbocycles. The van der Waals surface area contributed by atoms with Gasteiger partial charge >= 0.3 is 0 Å². The predicted octanol–water partition coefficient (Wildman–Crippen LogP) is 4.25. The summed E-state index contributed by atoms with van der Waals surface area (Å²) in [5.41, 5.74) is 0.685. The Morgan fingerprint density at radius 2 is 2.10 bits per heavy atom. The van der Waals surface area contributed by atoms with Crippen molar-refractivity contribution in [2.24, 2.45) is 5.92 Å². The number of benzene rings is 1. The van der Waals surface area contributed by atoms with Crippen LogP contribution in [0.15, 0.2) is 18.2 Å². The SMILES string of the molecule is OC(c1ccc(F)c(Cl)c1)C1CCOC2(CCCC2)C1. The molecular weight excluding hydrogens is 279 g/mol. The zero-order valence-electron chi connectivity index (χ0n) is 11.4. The number of aliphatic hydroxyl groups is 1. The van der Waals surface area contributed by atoms with E-state index in [1.54, 1.807) is 12.1 Å². The molecule has 2 atom stereocenters. The standard InChI is InChI=1S/C16H20ClFO2/c17-13-9-11(3-4-14(13)18)15(19)12-5-8-20-16(10-12)6-1-2-7-16/h3-4,9,12,15,19H,1-2,5-8,10H2. The third-order valence-corrected chi connectivity index (χ3v) is 5.07. The highest BCUT2D eigenvalue weighted by Crippen LogP contribution is 2.45. The Bertz CT molecular complexity index is 485. The Morgan fingerprint density at radius 3 is 2.80 bits per heavy atom. The van der Waals surface area contributed by atoms with Gasteiger partial charge in [0, 0.05) is 6.61 Å². The Labute approximate surface area is 123 Å². The summed E-state index contributed by atoms with van der Waals surface area (Å²) < 4.78 is 19.2. The second kappa shape index (κ2) is 5.63. The van der Waals surface area contributed by atoms with Crippen molar-refractivity contribution in [3.05, 3.63) is 34.6 Å². The second-order valence-corrected chi connectivity index (χ2v) is 6.52. The zero-order valence-corrected chi connectivity index (χ0v) is 12.2. The summed E-state index contributed by atoms with van der Waals surface area (Å²) in [5.74, 6) is -0.273. The largest absolute Gasteiger partial charge is 0.388 e. The van der Waals surface area contributed by atoms with Gasteiger partial charge < -0.3 is 9.84 Å². The van der Waals surface area contributed by atoms with Crippen LogP contribution in [0.1, 0.15) is 50.2 Å². The monoisotopic (exact) mass is 298 g/mol. The van der Waals surface area contributed by atoms with Gasteiger partial charge in [-0.3, -0.25) is 0 Å². The van der Waals surface area contributed by atoms with Crippen molar-refractivity contribution in [1.29, 1.82) is 0 Å². The minimum absolute atomic E-state index is 0.0201. The number of ether oxygens (including phenoxy) is 1. The maximum atomic E-state index is 13.2. The van der Waals surface area contributed by atoms with Crippen molar-refractivity contribution >= 4 is 11.6 Å². The van der Waals surface area contributed by atoms with Crippen molar-refractivity contribution in [3.63, 3.8) is 0 Å². The van der Waals surface area contributed by atoms with Gasteiger partial charge in [0.15, 0.2) is 0 Å². The van der Waals surface area contributed by atoms with Crippen molar-refractivity contribution in [2.75, 3.05) is 6.61 Å². The molecule has 1 spiro atoms. The molecule has 1 saturated heterocycles. The molecule has 110 valence electrons. The topological polar surface area (TPSA) is 29.5 Å². The van der Waals surface area contributed by atoms with Gasteiger partial charge in [-0.1, -0.05) is 30.5 Å². The summed E-state index contributed by atoms with van der Waals surface area (Å²) in [7, 11) is 0. The Morgan fingerprint density at radius 1 is 1.35 bits per heavy atom. The van der Waals surface area contributed by atoms with Crippen molar-refractivity contribution in [1.82, 2.24) is 0 Å². The lowest BCUT2D eigenvalue weighted by molar-refractivity contribution is -0.113. The Kier molecular flexibility index (Phi) is 4.02. The van der Waals surface area contributed by atoms with Gasteiger partial charge in [0.25, 0.3) is 0 Å². The summed E-state index contributed by atoms with van der Waals surface area (Å²) in [6.07, 6.45) is 5.77. The first-order chi connectivity index (χ1) is 9.60. The summed E-state index contributed by atoms with van der Waals surface area (Å²) >= 11 is 5.81. The molecule has 2 unspecified atom stereocenters. The van der Waals surface area contributed by atoms with Crippen LogP contribution >= 0.6 is 11.6 Å². The van der Waals surface area contributed by atoms with Crippen LogP contribution in [-0.2, 0) is 4.74 Å². The minimum Gasteiger partial charge on any atom is -0.388 e. The van der Waals surface area contributed by atoms with Crippen LogP contribution in [0.25, 0.3) is 0 Å².